The van der Waals surface area contributed by atoms with Crippen molar-refractivity contribution in [2.75, 3.05) is 19.8 Å². The zero-order valence-corrected chi connectivity index (χ0v) is 37.6. The van der Waals surface area contributed by atoms with Crippen molar-refractivity contribution < 1.29 is 76.2 Å². The van der Waals surface area contributed by atoms with E-state index in [0.717, 1.165) is 43.0 Å². The van der Waals surface area contributed by atoms with Crippen molar-refractivity contribution in [2.45, 2.75) is 115 Å². The number of hydrogen-bond donors (Lipinski definition) is 0. The van der Waals surface area contributed by atoms with Gasteiger partial charge in [0, 0.05) is 39.8 Å². The van der Waals surface area contributed by atoms with Gasteiger partial charge in [-0.15, -0.1) is 0 Å². The van der Waals surface area contributed by atoms with Crippen molar-refractivity contribution in [3.8, 4) is 0 Å². The summed E-state index contributed by atoms with van der Waals surface area (Å²) in [5, 5.41) is 11.3. The highest BCUT2D eigenvalue weighted by Crippen LogP contribution is 2.36. The van der Waals surface area contributed by atoms with Crippen molar-refractivity contribution in [2.24, 2.45) is 0 Å². The maximum absolute atomic E-state index is 12.8. The van der Waals surface area contributed by atoms with Gasteiger partial charge in [-0.05, 0) is 28.7 Å². The van der Waals surface area contributed by atoms with Gasteiger partial charge in [0.25, 0.3) is 5.69 Å². The number of esters is 4. The van der Waals surface area contributed by atoms with Gasteiger partial charge in [0.05, 0.1) is 38.0 Å². The van der Waals surface area contributed by atoms with Gasteiger partial charge in [-0.25, -0.2) is 0 Å². The van der Waals surface area contributed by atoms with Gasteiger partial charge >= 0.3 is 23.9 Å². The summed E-state index contributed by atoms with van der Waals surface area (Å²) < 4.78 is 68.9. The number of hydrogen-bond acceptors (Lipinski definition) is 17. The summed E-state index contributed by atoms with van der Waals surface area (Å²) in [4.78, 5) is 61.0. The minimum absolute atomic E-state index is 0.0439. The Bertz CT molecular complexity index is 2200. The monoisotopic (exact) mass is 929 g/mol. The van der Waals surface area contributed by atoms with Gasteiger partial charge < -0.3 is 52.1 Å². The Morgan fingerprint density at radius 3 is 1.54 bits per heavy atom. The van der Waals surface area contributed by atoms with Gasteiger partial charge in [0.1, 0.15) is 37.1 Å². The second kappa shape index (κ2) is 25.1. The number of non-ortho nitro benzene ring substituents is 1. The molecule has 0 spiro atoms. The van der Waals surface area contributed by atoms with E-state index in [9.17, 15) is 29.3 Å². The fourth-order valence-corrected chi connectivity index (χ4v) is 7.61. The molecule has 358 valence electrons. The van der Waals surface area contributed by atoms with Gasteiger partial charge in [0.2, 0.25) is 0 Å². The minimum Gasteiger partial charge on any atom is -0.463 e. The number of nitrogens with zero attached hydrogens (tertiary/aromatic N) is 1. The molecule has 0 saturated carbocycles. The lowest BCUT2D eigenvalue weighted by Crippen LogP contribution is -2.67. The highest BCUT2D eigenvalue weighted by molar-refractivity contribution is 5.68. The quantitative estimate of drug-likeness (QED) is 0.0398. The fraction of sp³-hybridized carbons (Fsp3) is 0.429. The van der Waals surface area contributed by atoms with Gasteiger partial charge in [-0.2, -0.15) is 0 Å². The summed E-state index contributed by atoms with van der Waals surface area (Å²) in [5.41, 5.74) is 3.21. The Balaban J connectivity index is 1.41. The van der Waals surface area contributed by atoms with E-state index in [-0.39, 0.29) is 38.7 Å². The lowest BCUT2D eigenvalue weighted by atomic mass is 9.95. The smallest absolute Gasteiger partial charge is 0.303 e. The minimum atomic E-state index is -1.62. The molecule has 4 aromatic carbocycles. The SMILES string of the molecule is CC(=O)OC[C@H]1O[C@@H](O[C@H]2[C@H](OCc3ccccc3)[C@@H](OCc3ccccc3)[C@H](OCCc3ccc([N+](=O)[O-])cc3)O[C@@H]2COCc2ccccc2)[C@H](OC(C)=O)[C@@H](OC(C)=O)[C@H]1OC(C)=O. The molecule has 2 aliphatic rings. The van der Waals surface area contributed by atoms with E-state index in [0.29, 0.717) is 6.42 Å². The summed E-state index contributed by atoms with van der Waals surface area (Å²) in [6, 6.07) is 34.3. The number of carbonyl (C=O) groups excluding carboxylic acids is 4. The van der Waals surface area contributed by atoms with Crippen LogP contribution in [-0.2, 0) is 97.5 Å². The second-order valence-electron chi connectivity index (χ2n) is 15.8. The van der Waals surface area contributed by atoms with Crippen LogP contribution in [0.3, 0.4) is 0 Å². The summed E-state index contributed by atoms with van der Waals surface area (Å²) in [6.07, 6.45) is -12.6. The third-order valence-corrected chi connectivity index (χ3v) is 10.6. The second-order valence-corrected chi connectivity index (χ2v) is 15.8. The molecule has 0 amide bonds. The average molecular weight is 930 g/mol. The first-order valence-electron chi connectivity index (χ1n) is 21.7. The first kappa shape index (κ1) is 50.3. The van der Waals surface area contributed by atoms with E-state index in [1.54, 1.807) is 12.1 Å². The van der Waals surface area contributed by atoms with Crippen molar-refractivity contribution >= 4 is 29.6 Å². The first-order valence-corrected chi connectivity index (χ1v) is 21.7. The Morgan fingerprint density at radius 2 is 1.00 bits per heavy atom. The molecule has 0 N–H and O–H groups in total. The molecular formula is C49H55NO17. The maximum Gasteiger partial charge on any atom is 0.303 e. The Labute approximate surface area is 387 Å². The Morgan fingerprint density at radius 1 is 0.507 bits per heavy atom. The molecule has 2 heterocycles. The third-order valence-electron chi connectivity index (χ3n) is 10.6. The molecule has 0 aliphatic carbocycles. The van der Waals surface area contributed by atoms with Crippen molar-refractivity contribution in [1.82, 2.24) is 0 Å². The highest BCUT2D eigenvalue weighted by Gasteiger charge is 2.56. The average Bonchev–Trinajstić information content (AvgIpc) is 3.30. The van der Waals surface area contributed by atoms with Crippen LogP contribution in [0.15, 0.2) is 115 Å². The molecule has 67 heavy (non-hydrogen) atoms. The van der Waals surface area contributed by atoms with E-state index in [1.165, 1.54) is 19.1 Å². The Hall–Kier alpha value is -6.12. The summed E-state index contributed by atoms with van der Waals surface area (Å²) >= 11 is 0. The molecule has 6 rings (SSSR count). The topological polar surface area (TPSA) is 213 Å². The normalized spacial score (nSPS) is 24.8. The fourth-order valence-electron chi connectivity index (χ4n) is 7.61. The van der Waals surface area contributed by atoms with Gasteiger partial charge in [0.15, 0.2) is 30.9 Å². The predicted octanol–water partition coefficient (Wildman–Crippen LogP) is 5.73. The van der Waals surface area contributed by atoms with Crippen LogP contribution in [0.2, 0.25) is 0 Å². The van der Waals surface area contributed by atoms with E-state index >= 15 is 0 Å². The van der Waals surface area contributed by atoms with E-state index in [2.05, 4.69) is 0 Å². The molecular weight excluding hydrogens is 875 g/mol. The highest BCUT2D eigenvalue weighted by atomic mass is 16.8. The lowest BCUT2D eigenvalue weighted by Gasteiger charge is -2.49. The molecule has 18 heteroatoms. The molecule has 4 aromatic rings. The third kappa shape index (κ3) is 15.2. The first-order chi connectivity index (χ1) is 32.3. The number of rotatable bonds is 22. The van der Waals surface area contributed by atoms with Crippen LogP contribution >= 0.6 is 0 Å². The van der Waals surface area contributed by atoms with Crippen LogP contribution < -0.4 is 0 Å². The molecule has 2 saturated heterocycles. The van der Waals surface area contributed by atoms with Crippen LogP contribution in [0.25, 0.3) is 0 Å². The standard InChI is InChI=1S/C49H55NO17/c1-31(51)59-30-41-43(62-32(2)52)45(63-33(3)53)47(64-34(4)54)49(66-41)67-42-40(29-57-26-36-14-8-5-9-15-36)65-48(58-25-24-35-20-22-39(23-21-35)50(55)56)46(61-28-38-18-12-7-13-19-38)44(42)60-27-37-16-10-6-11-17-37/h5-23,40-49H,24-30H2,1-4H3/t40-,41-,42-,43+,44+,45+,46-,47-,48-,49+/m1/s1. The summed E-state index contributed by atoms with van der Waals surface area (Å²) in [6.45, 7) is 4.33. The van der Waals surface area contributed by atoms with Crippen molar-refractivity contribution in [3.63, 3.8) is 0 Å². The van der Waals surface area contributed by atoms with Crippen LogP contribution in [0.4, 0.5) is 5.69 Å². The number of nitro benzene ring substituents is 1. The van der Waals surface area contributed by atoms with E-state index < -0.39 is 96.8 Å². The molecule has 10 atom stereocenters. The zero-order valence-electron chi connectivity index (χ0n) is 37.6. The van der Waals surface area contributed by atoms with Crippen LogP contribution in [0.1, 0.15) is 49.9 Å². The molecule has 2 fully saturated rings. The summed E-state index contributed by atoms with van der Waals surface area (Å²) in [7, 11) is 0. The lowest BCUT2D eigenvalue weighted by molar-refractivity contribution is -0.384. The van der Waals surface area contributed by atoms with Crippen molar-refractivity contribution in [1.29, 1.82) is 0 Å². The predicted molar refractivity (Wildman–Crippen MR) is 234 cm³/mol. The number of benzene rings is 4. The molecule has 0 radical (unpaired) electrons. The van der Waals surface area contributed by atoms with Gasteiger partial charge in [-0.1, -0.05) is 103 Å². The zero-order chi connectivity index (χ0) is 47.7. The largest absolute Gasteiger partial charge is 0.463 e. The van der Waals surface area contributed by atoms with E-state index in [1.807, 2.05) is 91.0 Å². The van der Waals surface area contributed by atoms with Crippen LogP contribution in [0, 0.1) is 10.1 Å². The van der Waals surface area contributed by atoms with Crippen LogP contribution in [-0.4, -0.2) is 110 Å². The van der Waals surface area contributed by atoms with E-state index in [4.69, 9.17) is 52.1 Å². The molecule has 2 aliphatic heterocycles. The van der Waals surface area contributed by atoms with Crippen molar-refractivity contribution in [3.05, 3.63) is 148 Å². The summed E-state index contributed by atoms with van der Waals surface area (Å²) in [5.74, 6) is -3.10. The maximum atomic E-state index is 12.8. The molecule has 0 unspecified atom stereocenters. The number of ether oxygens (including phenoxy) is 11. The molecule has 18 nitrogen and oxygen atoms in total. The number of nitro groups is 1. The number of carbonyl (C=O) groups is 4. The Kier molecular flexibility index (Phi) is 18.9. The molecule has 0 aromatic heterocycles. The van der Waals surface area contributed by atoms with Crippen LogP contribution in [0.5, 0.6) is 0 Å². The van der Waals surface area contributed by atoms with Gasteiger partial charge in [-0.3, -0.25) is 29.3 Å². The molecule has 0 bridgehead atoms.